The van der Waals surface area contributed by atoms with E-state index in [0.717, 1.165) is 67.9 Å². The van der Waals surface area contributed by atoms with Crippen molar-refractivity contribution in [1.82, 2.24) is 0 Å². The molecule has 0 aromatic heterocycles. The Morgan fingerprint density at radius 2 is 0.333 bits per heavy atom. The van der Waals surface area contributed by atoms with E-state index in [-0.39, 0.29) is 0 Å². The zero-order valence-electron chi connectivity index (χ0n) is 58.3. The third-order valence-electron chi connectivity index (χ3n) is 13.9. The number of para-hydroxylation sites is 6. The summed E-state index contributed by atoms with van der Waals surface area (Å²) in [4.78, 5) is 2.20. The highest BCUT2D eigenvalue weighted by atomic mass is 32.2. The van der Waals surface area contributed by atoms with Gasteiger partial charge < -0.3 is 28.4 Å². The molecule has 0 N–H and O–H groups in total. The molecule has 0 fully saturated rings. The lowest BCUT2D eigenvalue weighted by molar-refractivity contribution is 0.414. The Morgan fingerprint density at radius 1 is 0.192 bits per heavy atom. The highest BCUT2D eigenvalue weighted by molar-refractivity contribution is 7.92. The Bertz CT molecular complexity index is 3920. The standard InChI is InChI=1S/3C14H14O2S.6C7H8O/c3*1-11-8-9-12(2)14(10-11)17(15,16)13-6-4-3-5-7-13;6*1-8-7-5-3-2-4-6-7/h3*3-10H,1-2H3;6*2-6H,1H3. The van der Waals surface area contributed by atoms with Crippen LogP contribution in [0.4, 0.5) is 0 Å². The molecule has 0 atom stereocenters. The maximum Gasteiger partial charge on any atom is 0.206 e. The molecule has 12 aromatic rings. The number of methoxy groups -OCH3 is 6. The quantitative estimate of drug-likeness (QED) is 0.114. The van der Waals surface area contributed by atoms with Gasteiger partial charge in [-0.15, -0.1) is 0 Å². The summed E-state index contributed by atoms with van der Waals surface area (Å²) in [6, 6.07) is 100. The molecule has 12 aromatic carbocycles. The van der Waals surface area contributed by atoms with Gasteiger partial charge in [-0.25, -0.2) is 25.3 Å². The molecule has 0 amide bonds. The lowest BCUT2D eigenvalue weighted by Crippen LogP contribution is -2.04. The predicted molar refractivity (Wildman–Crippen MR) is 401 cm³/mol. The second kappa shape index (κ2) is 44.2. The van der Waals surface area contributed by atoms with Crippen LogP contribution in [0.15, 0.2) is 357 Å². The van der Waals surface area contributed by atoms with E-state index in [2.05, 4.69) is 0 Å². The fourth-order valence-corrected chi connectivity index (χ4v) is 13.3. The van der Waals surface area contributed by atoms with Gasteiger partial charge in [-0.05, 0) is 202 Å². The van der Waals surface area contributed by atoms with Crippen LogP contribution in [0.25, 0.3) is 0 Å². The Morgan fingerprint density at radius 3 is 0.465 bits per heavy atom. The smallest absolute Gasteiger partial charge is 0.206 e. The Hall–Kier alpha value is -10.7. The van der Waals surface area contributed by atoms with Gasteiger partial charge in [0.15, 0.2) is 0 Å². The molecule has 12 rings (SSSR count). The Balaban J connectivity index is 0.000000242. The molecular weight excluding hydrogens is 1300 g/mol. The molecule has 0 unspecified atom stereocenters. The molecule has 0 saturated carbocycles. The maximum atomic E-state index is 12.4. The minimum atomic E-state index is -3.39. The van der Waals surface area contributed by atoms with Gasteiger partial charge in [0.2, 0.25) is 29.5 Å². The lowest BCUT2D eigenvalue weighted by atomic mass is 10.2. The van der Waals surface area contributed by atoms with Gasteiger partial charge in [0.1, 0.15) is 34.5 Å². The fourth-order valence-electron chi connectivity index (χ4n) is 8.51. The van der Waals surface area contributed by atoms with Gasteiger partial charge >= 0.3 is 0 Å². The first-order valence-electron chi connectivity index (χ1n) is 31.3. The Kier molecular flexibility index (Phi) is 36.0. The van der Waals surface area contributed by atoms with Crippen LogP contribution in [-0.2, 0) is 29.5 Å². The van der Waals surface area contributed by atoms with Crippen LogP contribution in [0.3, 0.4) is 0 Å². The number of hydrogen-bond acceptors (Lipinski definition) is 12. The van der Waals surface area contributed by atoms with E-state index < -0.39 is 29.5 Å². The van der Waals surface area contributed by atoms with Gasteiger partial charge in [-0.2, -0.15) is 0 Å². The van der Waals surface area contributed by atoms with Gasteiger partial charge in [-0.1, -0.05) is 200 Å². The van der Waals surface area contributed by atoms with Gasteiger partial charge in [0.25, 0.3) is 0 Å². The molecule has 0 spiro atoms. The van der Waals surface area contributed by atoms with E-state index in [1.54, 1.807) is 134 Å². The summed E-state index contributed by atoms with van der Waals surface area (Å²) >= 11 is 0. The summed E-state index contributed by atoms with van der Waals surface area (Å²) in [5.41, 5.74) is 5.18. The van der Waals surface area contributed by atoms with Crippen molar-refractivity contribution in [2.45, 2.75) is 70.9 Å². The van der Waals surface area contributed by atoms with Crippen LogP contribution in [0.5, 0.6) is 34.5 Å². The van der Waals surface area contributed by atoms with Crippen molar-refractivity contribution >= 4 is 29.5 Å². The Labute approximate surface area is 588 Å². The van der Waals surface area contributed by atoms with E-state index >= 15 is 0 Å². The largest absolute Gasteiger partial charge is 0.497 e. The number of rotatable bonds is 12. The molecule has 516 valence electrons. The molecule has 0 saturated heterocycles. The van der Waals surface area contributed by atoms with Crippen molar-refractivity contribution in [1.29, 1.82) is 0 Å². The average molecular weight is 1390 g/mol. The molecule has 0 aliphatic carbocycles. The van der Waals surface area contributed by atoms with Crippen LogP contribution in [0, 0.1) is 41.5 Å². The first-order chi connectivity index (χ1) is 47.6. The van der Waals surface area contributed by atoms with Crippen LogP contribution in [0.1, 0.15) is 33.4 Å². The van der Waals surface area contributed by atoms with Crippen molar-refractivity contribution in [3.05, 3.63) is 361 Å². The van der Waals surface area contributed by atoms with E-state index in [9.17, 15) is 25.3 Å². The molecule has 0 aliphatic heterocycles. The van der Waals surface area contributed by atoms with Crippen LogP contribution >= 0.6 is 0 Å². The first-order valence-corrected chi connectivity index (χ1v) is 35.8. The van der Waals surface area contributed by atoms with Crippen molar-refractivity contribution < 1.29 is 53.7 Å². The highest BCUT2D eigenvalue weighted by Gasteiger charge is 2.22. The lowest BCUT2D eigenvalue weighted by Gasteiger charge is -2.08. The number of benzene rings is 12. The zero-order chi connectivity index (χ0) is 72.3. The molecule has 0 aliphatic rings. The highest BCUT2D eigenvalue weighted by Crippen LogP contribution is 2.27. The van der Waals surface area contributed by atoms with Gasteiger partial charge in [-0.3, -0.25) is 0 Å². The van der Waals surface area contributed by atoms with Crippen molar-refractivity contribution in [2.75, 3.05) is 42.7 Å². The van der Waals surface area contributed by atoms with E-state index in [1.807, 2.05) is 278 Å². The van der Waals surface area contributed by atoms with E-state index in [4.69, 9.17) is 28.4 Å². The number of sulfone groups is 3. The summed E-state index contributed by atoms with van der Waals surface area (Å²) in [7, 11) is -0.204. The number of ether oxygens (including phenoxy) is 6. The molecule has 0 bridgehead atoms. The average Bonchev–Trinajstić information content (AvgIpc) is 0.811. The summed E-state index contributed by atoms with van der Waals surface area (Å²) < 4.78 is 104. The van der Waals surface area contributed by atoms with Crippen molar-refractivity contribution in [3.8, 4) is 34.5 Å². The topological polar surface area (TPSA) is 158 Å². The maximum absolute atomic E-state index is 12.4. The zero-order valence-corrected chi connectivity index (χ0v) is 60.8. The monoisotopic (exact) mass is 1390 g/mol. The fraction of sp³-hybridized carbons (Fsp3) is 0.143. The van der Waals surface area contributed by atoms with Gasteiger partial charge in [0.05, 0.1) is 72.0 Å². The second-order valence-electron chi connectivity index (χ2n) is 21.4. The summed E-state index contributed by atoms with van der Waals surface area (Å²) in [5, 5.41) is 0. The molecular formula is C84H90O12S3. The van der Waals surface area contributed by atoms with E-state index in [1.165, 1.54) is 0 Å². The summed E-state index contributed by atoms with van der Waals surface area (Å²) in [6.45, 7) is 11.1. The van der Waals surface area contributed by atoms with Crippen molar-refractivity contribution in [3.63, 3.8) is 0 Å². The van der Waals surface area contributed by atoms with Crippen LogP contribution in [-0.4, -0.2) is 67.9 Å². The van der Waals surface area contributed by atoms with E-state index in [0.29, 0.717) is 29.4 Å². The normalized spacial score (nSPS) is 10.1. The SMILES string of the molecule is COc1ccccc1.COc1ccccc1.COc1ccccc1.COc1ccccc1.COc1ccccc1.COc1ccccc1.Cc1ccc(C)c(S(=O)(=O)c2ccccc2)c1.Cc1ccc(C)c(S(=O)(=O)c2ccccc2)c1.Cc1ccc(C)c(S(=O)(=O)c2ccccc2)c1. The van der Waals surface area contributed by atoms with Crippen molar-refractivity contribution in [2.24, 2.45) is 0 Å². The minimum Gasteiger partial charge on any atom is -0.497 e. The molecule has 0 heterocycles. The van der Waals surface area contributed by atoms with Crippen LogP contribution < -0.4 is 28.4 Å². The summed E-state index contributed by atoms with van der Waals surface area (Å²) in [6.07, 6.45) is 0. The molecule has 99 heavy (non-hydrogen) atoms. The molecule has 12 nitrogen and oxygen atoms in total. The number of hydrogen-bond donors (Lipinski definition) is 0. The predicted octanol–water partition coefficient (Wildman–Crippen LogP) is 19.6. The van der Waals surface area contributed by atoms with Gasteiger partial charge in [0, 0.05) is 0 Å². The molecule has 15 heteroatoms. The molecule has 0 radical (unpaired) electrons. The van der Waals surface area contributed by atoms with Crippen LogP contribution in [0.2, 0.25) is 0 Å². The first kappa shape index (κ1) is 80.7. The number of aryl methyl sites for hydroxylation is 6. The summed E-state index contributed by atoms with van der Waals surface area (Å²) in [5.74, 6) is 5.46. The minimum absolute atomic E-state index is 0.341. The third kappa shape index (κ3) is 28.9. The second-order valence-corrected chi connectivity index (χ2v) is 27.1. The third-order valence-corrected chi connectivity index (χ3v) is 19.7.